The van der Waals surface area contributed by atoms with Gasteiger partial charge in [0.25, 0.3) is 5.91 Å². The van der Waals surface area contributed by atoms with Crippen LogP contribution in [0.2, 0.25) is 0 Å². The lowest BCUT2D eigenvalue weighted by Gasteiger charge is -2.12. The number of ether oxygens (including phenoxy) is 2. The number of rotatable bonds is 7. The monoisotopic (exact) mass is 443 g/mol. The van der Waals surface area contributed by atoms with Crippen LogP contribution in [0.25, 0.3) is 11.0 Å². The van der Waals surface area contributed by atoms with E-state index < -0.39 is 0 Å². The molecule has 4 aromatic rings. The van der Waals surface area contributed by atoms with Crippen molar-refractivity contribution in [3.05, 3.63) is 93.8 Å². The van der Waals surface area contributed by atoms with E-state index >= 15 is 0 Å². The van der Waals surface area contributed by atoms with E-state index in [1.165, 1.54) is 6.26 Å². The number of anilines is 1. The van der Waals surface area contributed by atoms with Crippen molar-refractivity contribution in [2.24, 2.45) is 0 Å². The van der Waals surface area contributed by atoms with Crippen LogP contribution in [0.1, 0.15) is 23.6 Å². The molecule has 1 heterocycles. The molecule has 0 aliphatic rings. The molecule has 1 amide bonds. The Kier molecular flexibility index (Phi) is 6.45. The molecule has 0 saturated carbocycles. The lowest BCUT2D eigenvalue weighted by molar-refractivity contribution is -0.118. The number of carbonyl (C=O) groups excluding carboxylic acids is 1. The van der Waals surface area contributed by atoms with E-state index in [9.17, 15) is 9.59 Å². The maximum absolute atomic E-state index is 12.9. The summed E-state index contributed by atoms with van der Waals surface area (Å²) in [5.41, 5.74) is 3.94. The fraction of sp³-hybridized carbons (Fsp3) is 0.185. The molecule has 6 heteroatoms. The van der Waals surface area contributed by atoms with Crippen molar-refractivity contribution < 1.29 is 18.7 Å². The van der Waals surface area contributed by atoms with Crippen molar-refractivity contribution in [3.63, 3.8) is 0 Å². The molecule has 1 aromatic heterocycles. The number of benzene rings is 3. The second kappa shape index (κ2) is 9.61. The number of nitrogens with one attached hydrogen (secondary N) is 1. The highest BCUT2D eigenvalue weighted by Gasteiger charge is 2.13. The van der Waals surface area contributed by atoms with Crippen LogP contribution in [0.15, 0.2) is 76.1 Å². The molecule has 6 nitrogen and oxygen atoms in total. The molecule has 33 heavy (non-hydrogen) atoms. The first-order valence-corrected chi connectivity index (χ1v) is 10.8. The first-order valence-electron chi connectivity index (χ1n) is 10.8. The van der Waals surface area contributed by atoms with Crippen molar-refractivity contribution in [2.75, 3.05) is 11.9 Å². The van der Waals surface area contributed by atoms with E-state index in [-0.39, 0.29) is 23.7 Å². The van der Waals surface area contributed by atoms with E-state index in [0.29, 0.717) is 22.5 Å². The SMILES string of the molecule is CCc1ccccc1Oc1coc2cc(OCC(=O)Nc3cccc(C)c3C)ccc2c1=O. The minimum Gasteiger partial charge on any atom is -0.484 e. The maximum Gasteiger partial charge on any atom is 0.262 e. The van der Waals surface area contributed by atoms with Gasteiger partial charge in [0.2, 0.25) is 11.2 Å². The molecule has 1 N–H and O–H groups in total. The molecule has 0 bridgehead atoms. The molecule has 3 aromatic carbocycles. The number of aryl methyl sites for hydroxylation is 2. The number of carbonyl (C=O) groups is 1. The Balaban J connectivity index is 1.47. The zero-order valence-corrected chi connectivity index (χ0v) is 18.8. The third-order valence-electron chi connectivity index (χ3n) is 5.54. The van der Waals surface area contributed by atoms with Crippen molar-refractivity contribution in [3.8, 4) is 17.2 Å². The molecule has 0 spiro atoms. The van der Waals surface area contributed by atoms with Crippen LogP contribution in [0, 0.1) is 13.8 Å². The Morgan fingerprint density at radius 3 is 2.64 bits per heavy atom. The normalized spacial score (nSPS) is 10.8. The van der Waals surface area contributed by atoms with Gasteiger partial charge in [0, 0.05) is 11.8 Å². The lowest BCUT2D eigenvalue weighted by Crippen LogP contribution is -2.20. The third-order valence-corrected chi connectivity index (χ3v) is 5.54. The summed E-state index contributed by atoms with van der Waals surface area (Å²) in [6, 6.07) is 18.1. The molecule has 4 rings (SSSR count). The summed E-state index contributed by atoms with van der Waals surface area (Å²) in [4.78, 5) is 25.2. The van der Waals surface area contributed by atoms with Crippen molar-refractivity contribution in [1.29, 1.82) is 0 Å². The van der Waals surface area contributed by atoms with Gasteiger partial charge in [-0.25, -0.2) is 0 Å². The molecular weight excluding hydrogens is 418 g/mol. The van der Waals surface area contributed by atoms with Gasteiger partial charge in [0.15, 0.2) is 6.61 Å². The number of para-hydroxylation sites is 1. The van der Waals surface area contributed by atoms with Crippen molar-refractivity contribution in [2.45, 2.75) is 27.2 Å². The Morgan fingerprint density at radius 1 is 1.00 bits per heavy atom. The number of amides is 1. The van der Waals surface area contributed by atoms with Gasteiger partial charge >= 0.3 is 0 Å². The average molecular weight is 443 g/mol. The molecule has 0 fully saturated rings. The van der Waals surface area contributed by atoms with Crippen LogP contribution in [-0.2, 0) is 11.2 Å². The Morgan fingerprint density at radius 2 is 1.82 bits per heavy atom. The smallest absolute Gasteiger partial charge is 0.262 e. The van der Waals surface area contributed by atoms with Gasteiger partial charge in [0.05, 0.1) is 5.39 Å². The highest BCUT2D eigenvalue weighted by molar-refractivity contribution is 5.92. The molecule has 0 aliphatic carbocycles. The predicted octanol–water partition coefficient (Wildman–Crippen LogP) is 5.78. The van der Waals surface area contributed by atoms with E-state index in [0.717, 1.165) is 28.8 Å². The number of hydrogen-bond acceptors (Lipinski definition) is 5. The van der Waals surface area contributed by atoms with Crippen LogP contribution >= 0.6 is 0 Å². The van der Waals surface area contributed by atoms with Crippen LogP contribution in [0.4, 0.5) is 5.69 Å². The minimum atomic E-state index is -0.277. The van der Waals surface area contributed by atoms with Crippen molar-refractivity contribution in [1.82, 2.24) is 0 Å². The first-order chi connectivity index (χ1) is 16.0. The Bertz CT molecular complexity index is 1370. The van der Waals surface area contributed by atoms with Crippen LogP contribution in [-0.4, -0.2) is 12.5 Å². The predicted molar refractivity (Wildman–Crippen MR) is 128 cm³/mol. The van der Waals surface area contributed by atoms with Crippen LogP contribution < -0.4 is 20.2 Å². The zero-order chi connectivity index (χ0) is 23.4. The Hall–Kier alpha value is -4.06. The summed E-state index contributed by atoms with van der Waals surface area (Å²) in [7, 11) is 0. The first kappa shape index (κ1) is 22.1. The van der Waals surface area contributed by atoms with Crippen LogP contribution in [0.5, 0.6) is 17.2 Å². The average Bonchev–Trinajstić information content (AvgIpc) is 2.83. The molecule has 0 unspecified atom stereocenters. The summed E-state index contributed by atoms with van der Waals surface area (Å²) < 4.78 is 17.1. The van der Waals surface area contributed by atoms with Gasteiger partial charge in [-0.3, -0.25) is 9.59 Å². The molecular formula is C27H25NO5. The summed E-state index contributed by atoms with van der Waals surface area (Å²) in [5.74, 6) is 0.891. The van der Waals surface area contributed by atoms with Gasteiger partial charge in [-0.1, -0.05) is 37.3 Å². The summed E-state index contributed by atoms with van der Waals surface area (Å²) in [6.07, 6.45) is 2.08. The minimum absolute atomic E-state index is 0.116. The van der Waals surface area contributed by atoms with E-state index in [2.05, 4.69) is 5.32 Å². The van der Waals surface area contributed by atoms with Crippen molar-refractivity contribution >= 4 is 22.6 Å². The van der Waals surface area contributed by atoms with Gasteiger partial charge in [-0.05, 0) is 61.2 Å². The van der Waals surface area contributed by atoms with E-state index in [1.807, 2.05) is 63.2 Å². The quantitative estimate of drug-likeness (QED) is 0.392. The van der Waals surface area contributed by atoms with Crippen LogP contribution in [0.3, 0.4) is 0 Å². The molecule has 0 saturated heterocycles. The standard InChI is InChI=1S/C27H25NO5/c1-4-19-9-5-6-11-23(19)33-25-15-32-24-14-20(12-13-21(24)27(25)30)31-16-26(29)28-22-10-7-8-17(2)18(22)3/h5-15H,4,16H2,1-3H3,(H,28,29). The second-order valence-corrected chi connectivity index (χ2v) is 7.73. The molecule has 168 valence electrons. The number of fused-ring (bicyclic) bond motifs is 1. The second-order valence-electron chi connectivity index (χ2n) is 7.73. The summed E-state index contributed by atoms with van der Waals surface area (Å²) in [5, 5.41) is 3.22. The fourth-order valence-corrected chi connectivity index (χ4v) is 3.49. The largest absolute Gasteiger partial charge is 0.484 e. The number of hydrogen-bond donors (Lipinski definition) is 1. The van der Waals surface area contributed by atoms with Gasteiger partial charge in [-0.2, -0.15) is 0 Å². The van der Waals surface area contributed by atoms with Gasteiger partial charge in [-0.15, -0.1) is 0 Å². The topological polar surface area (TPSA) is 77.8 Å². The van der Waals surface area contributed by atoms with Gasteiger partial charge in [0.1, 0.15) is 23.3 Å². The highest BCUT2D eigenvalue weighted by Crippen LogP contribution is 2.26. The lowest BCUT2D eigenvalue weighted by atomic mass is 10.1. The third kappa shape index (κ3) is 4.90. The maximum atomic E-state index is 12.9. The molecule has 0 atom stereocenters. The zero-order valence-electron chi connectivity index (χ0n) is 18.8. The van der Waals surface area contributed by atoms with Gasteiger partial charge < -0.3 is 19.2 Å². The molecule has 0 aliphatic heterocycles. The summed E-state index contributed by atoms with van der Waals surface area (Å²) >= 11 is 0. The van der Waals surface area contributed by atoms with E-state index in [1.54, 1.807) is 18.2 Å². The summed E-state index contributed by atoms with van der Waals surface area (Å²) in [6.45, 7) is 5.80. The Labute approximate surface area is 191 Å². The fourth-order valence-electron chi connectivity index (χ4n) is 3.49. The highest BCUT2D eigenvalue weighted by atomic mass is 16.5. The molecule has 0 radical (unpaired) electrons. The van der Waals surface area contributed by atoms with E-state index in [4.69, 9.17) is 13.9 Å².